The van der Waals surface area contributed by atoms with E-state index in [9.17, 15) is 14.9 Å². The molecule has 202 valence electrons. The zero-order valence-corrected chi connectivity index (χ0v) is 23.1. The summed E-state index contributed by atoms with van der Waals surface area (Å²) >= 11 is 1.19. The number of allylic oxidation sites excluding steroid dienone is 1. The lowest BCUT2D eigenvalue weighted by molar-refractivity contribution is -0.139. The molecule has 2 aromatic carbocycles. The molecule has 5 rings (SSSR count). The number of fused-ring (bicyclic) bond motifs is 1. The second-order valence-corrected chi connectivity index (χ2v) is 9.79. The van der Waals surface area contributed by atoms with Gasteiger partial charge >= 0.3 is 5.97 Å². The molecular formula is C30H25N3O6S. The summed E-state index contributed by atoms with van der Waals surface area (Å²) in [5, 5.41) is 9.44. The minimum absolute atomic E-state index is 0.175. The predicted octanol–water partition coefficient (Wildman–Crippen LogP) is 3.95. The van der Waals surface area contributed by atoms with Gasteiger partial charge < -0.3 is 18.6 Å². The first-order chi connectivity index (χ1) is 19.4. The number of carbonyl (C=O) groups is 1. The summed E-state index contributed by atoms with van der Waals surface area (Å²) in [4.78, 5) is 32.0. The number of rotatable bonds is 7. The largest absolute Gasteiger partial charge is 0.493 e. The Labute approximate surface area is 233 Å². The molecule has 0 amide bonds. The molecule has 0 bridgehead atoms. The molecule has 0 fully saturated rings. The second-order valence-electron chi connectivity index (χ2n) is 8.78. The summed E-state index contributed by atoms with van der Waals surface area (Å²) in [6, 6.07) is 17.2. The van der Waals surface area contributed by atoms with Gasteiger partial charge in [-0.3, -0.25) is 9.36 Å². The summed E-state index contributed by atoms with van der Waals surface area (Å²) in [6.07, 6.45) is 1.64. The minimum atomic E-state index is -0.799. The van der Waals surface area contributed by atoms with Crippen molar-refractivity contribution >= 4 is 23.4 Å². The third kappa shape index (κ3) is 4.72. The summed E-state index contributed by atoms with van der Waals surface area (Å²) in [6.45, 7) is 3.62. The maximum absolute atomic E-state index is 13.9. The first kappa shape index (κ1) is 26.7. The number of aromatic nitrogens is 1. The Morgan fingerprint density at radius 2 is 1.93 bits per heavy atom. The van der Waals surface area contributed by atoms with Crippen LogP contribution in [0.3, 0.4) is 0 Å². The van der Waals surface area contributed by atoms with Crippen LogP contribution in [0.15, 0.2) is 80.1 Å². The Morgan fingerprint density at radius 3 is 2.65 bits per heavy atom. The molecule has 1 aliphatic rings. The van der Waals surface area contributed by atoms with Crippen molar-refractivity contribution in [1.29, 1.82) is 5.26 Å². The lowest BCUT2D eigenvalue weighted by Gasteiger charge is -2.25. The SMILES string of the molecule is CCOC(=O)C1=C(C)N=c2sc(=Cc3ccc(-c4ccccc4C#N)o3)c(=O)n2[C@@H]1c1ccc(OC)c(OC)c1. The van der Waals surface area contributed by atoms with Gasteiger partial charge in [-0.1, -0.05) is 29.5 Å². The van der Waals surface area contributed by atoms with E-state index in [1.807, 2.05) is 6.07 Å². The monoisotopic (exact) mass is 555 g/mol. The minimum Gasteiger partial charge on any atom is -0.493 e. The number of methoxy groups -OCH3 is 2. The molecule has 1 aliphatic heterocycles. The quantitative estimate of drug-likeness (QED) is 0.317. The van der Waals surface area contributed by atoms with Crippen molar-refractivity contribution in [2.45, 2.75) is 19.9 Å². The highest BCUT2D eigenvalue weighted by molar-refractivity contribution is 7.07. The van der Waals surface area contributed by atoms with E-state index in [2.05, 4.69) is 11.1 Å². The maximum atomic E-state index is 13.9. The fourth-order valence-corrected chi connectivity index (χ4v) is 5.66. The van der Waals surface area contributed by atoms with Crippen molar-refractivity contribution < 1.29 is 23.4 Å². The third-order valence-electron chi connectivity index (χ3n) is 6.45. The average molecular weight is 556 g/mol. The molecule has 40 heavy (non-hydrogen) atoms. The number of carbonyl (C=O) groups excluding carboxylic acids is 1. The van der Waals surface area contributed by atoms with Crippen LogP contribution >= 0.6 is 11.3 Å². The highest BCUT2D eigenvalue weighted by Crippen LogP contribution is 2.36. The number of ether oxygens (including phenoxy) is 3. The van der Waals surface area contributed by atoms with E-state index < -0.39 is 12.0 Å². The molecule has 2 aromatic heterocycles. The summed E-state index contributed by atoms with van der Waals surface area (Å²) < 4.78 is 24.1. The van der Waals surface area contributed by atoms with Gasteiger partial charge in [-0.05, 0) is 55.8 Å². The number of hydrogen-bond acceptors (Lipinski definition) is 9. The van der Waals surface area contributed by atoms with Gasteiger partial charge in [-0.2, -0.15) is 5.26 Å². The second kappa shape index (κ2) is 11.1. The van der Waals surface area contributed by atoms with Crippen molar-refractivity contribution in [1.82, 2.24) is 4.57 Å². The van der Waals surface area contributed by atoms with Crippen LogP contribution in [-0.2, 0) is 9.53 Å². The van der Waals surface area contributed by atoms with E-state index in [-0.39, 0.29) is 17.7 Å². The maximum Gasteiger partial charge on any atom is 0.338 e. The Bertz CT molecular complexity index is 1870. The van der Waals surface area contributed by atoms with Crippen LogP contribution < -0.4 is 24.4 Å². The topological polar surface area (TPSA) is 116 Å². The van der Waals surface area contributed by atoms with Gasteiger partial charge in [-0.25, -0.2) is 9.79 Å². The van der Waals surface area contributed by atoms with Gasteiger partial charge in [0.05, 0.1) is 54.3 Å². The van der Waals surface area contributed by atoms with Crippen molar-refractivity contribution in [3.05, 3.63) is 102 Å². The fourth-order valence-electron chi connectivity index (χ4n) is 4.63. The molecule has 0 saturated carbocycles. The van der Waals surface area contributed by atoms with Gasteiger partial charge in [0.2, 0.25) is 0 Å². The molecule has 0 radical (unpaired) electrons. The third-order valence-corrected chi connectivity index (χ3v) is 7.44. The fraction of sp³-hybridized carbons (Fsp3) is 0.200. The van der Waals surface area contributed by atoms with Crippen molar-refractivity contribution in [2.24, 2.45) is 4.99 Å². The molecule has 0 spiro atoms. The number of nitrogens with zero attached hydrogens (tertiary/aromatic N) is 3. The lowest BCUT2D eigenvalue weighted by atomic mass is 9.95. The van der Waals surface area contributed by atoms with E-state index >= 15 is 0 Å². The smallest absolute Gasteiger partial charge is 0.338 e. The average Bonchev–Trinajstić information content (AvgIpc) is 3.55. The van der Waals surface area contributed by atoms with Crippen LogP contribution in [0.4, 0.5) is 0 Å². The van der Waals surface area contributed by atoms with Crippen LogP contribution in [0.5, 0.6) is 11.5 Å². The Balaban J connectivity index is 1.66. The number of benzene rings is 2. The number of furan rings is 1. The van der Waals surface area contributed by atoms with E-state index in [0.717, 1.165) is 0 Å². The molecule has 9 nitrogen and oxygen atoms in total. The first-order valence-electron chi connectivity index (χ1n) is 12.4. The van der Waals surface area contributed by atoms with Crippen molar-refractivity contribution in [3.63, 3.8) is 0 Å². The van der Waals surface area contributed by atoms with Crippen molar-refractivity contribution in [2.75, 3.05) is 20.8 Å². The Kier molecular flexibility index (Phi) is 7.40. The van der Waals surface area contributed by atoms with Gasteiger partial charge in [0, 0.05) is 11.6 Å². The van der Waals surface area contributed by atoms with Gasteiger partial charge in [0.1, 0.15) is 11.5 Å². The van der Waals surface area contributed by atoms with Crippen LogP contribution in [0.2, 0.25) is 0 Å². The molecule has 1 atom stereocenters. The molecule has 0 saturated heterocycles. The van der Waals surface area contributed by atoms with E-state index in [1.165, 1.54) is 30.1 Å². The van der Waals surface area contributed by atoms with Crippen LogP contribution in [0.1, 0.15) is 36.8 Å². The molecule has 0 N–H and O–H groups in total. The predicted molar refractivity (Wildman–Crippen MR) is 149 cm³/mol. The molecule has 4 aromatic rings. The summed E-state index contributed by atoms with van der Waals surface area (Å²) in [7, 11) is 3.06. The van der Waals surface area contributed by atoms with Gasteiger partial charge in [0.15, 0.2) is 16.3 Å². The Hall–Kier alpha value is -4.88. The molecule has 3 heterocycles. The summed E-state index contributed by atoms with van der Waals surface area (Å²) in [5.41, 5.74) is 2.17. The highest BCUT2D eigenvalue weighted by atomic mass is 32.1. The van der Waals surface area contributed by atoms with E-state index in [0.29, 0.717) is 54.7 Å². The molecule has 10 heteroatoms. The van der Waals surface area contributed by atoms with Crippen LogP contribution in [-0.4, -0.2) is 31.4 Å². The molecule has 0 unspecified atom stereocenters. The number of esters is 1. The van der Waals surface area contributed by atoms with Crippen LogP contribution in [0.25, 0.3) is 17.4 Å². The normalized spacial score (nSPS) is 14.8. The first-order valence-corrected chi connectivity index (χ1v) is 13.2. The number of thiazole rings is 1. The standard InChI is InChI=1S/C30H25N3O6S/c1-5-38-29(35)26-17(2)32-30-33(27(26)18-10-12-23(36-3)24(14-18)37-4)28(34)25(40-30)15-20-11-13-22(39-20)21-9-7-6-8-19(21)16-31/h6-15,27H,5H2,1-4H3/t27-/m1/s1. The van der Waals surface area contributed by atoms with Gasteiger partial charge in [-0.15, -0.1) is 0 Å². The number of nitriles is 1. The van der Waals surface area contributed by atoms with Gasteiger partial charge in [0.25, 0.3) is 5.56 Å². The zero-order valence-electron chi connectivity index (χ0n) is 22.3. The Morgan fingerprint density at radius 1 is 1.15 bits per heavy atom. The van der Waals surface area contributed by atoms with E-state index in [1.54, 1.807) is 68.5 Å². The molecular weight excluding hydrogens is 530 g/mol. The van der Waals surface area contributed by atoms with Crippen molar-refractivity contribution in [3.8, 4) is 28.9 Å². The summed E-state index contributed by atoms with van der Waals surface area (Å²) in [5.74, 6) is 1.38. The zero-order chi connectivity index (χ0) is 28.4. The number of hydrogen-bond donors (Lipinski definition) is 0. The highest BCUT2D eigenvalue weighted by Gasteiger charge is 2.34. The lowest BCUT2D eigenvalue weighted by Crippen LogP contribution is -2.39. The molecule has 0 aliphatic carbocycles. The van der Waals surface area contributed by atoms with Crippen LogP contribution in [0, 0.1) is 11.3 Å². The van der Waals surface area contributed by atoms with E-state index in [4.69, 9.17) is 18.6 Å².